The van der Waals surface area contributed by atoms with Crippen molar-refractivity contribution < 1.29 is 14.3 Å². The van der Waals surface area contributed by atoms with E-state index in [1.165, 1.54) is 10.6 Å². The minimum atomic E-state index is -0.599. The summed E-state index contributed by atoms with van der Waals surface area (Å²) in [5, 5.41) is 8.24. The summed E-state index contributed by atoms with van der Waals surface area (Å²) in [4.78, 5) is 38.0. The Morgan fingerprint density at radius 3 is 2.40 bits per heavy atom. The first-order valence-electron chi connectivity index (χ1n) is 17.5. The number of carbonyl (C=O) groups is 2. The lowest BCUT2D eigenvalue weighted by molar-refractivity contribution is -0.123. The fraction of sp³-hybridized carbons (Fsp3) is 0.500. The number of carbonyl (C=O) groups excluding carboxylic acids is 2. The van der Waals surface area contributed by atoms with E-state index in [2.05, 4.69) is 82.3 Å². The molecule has 2 N–H and O–H groups in total. The summed E-state index contributed by atoms with van der Waals surface area (Å²) in [7, 11) is 1.69. The highest BCUT2D eigenvalue weighted by atomic mass is 32.1. The number of amides is 2. The molecular formula is C38H52N6O3S. The number of rotatable bonds is 16. The molecule has 9 nitrogen and oxygen atoms in total. The second-order valence-corrected chi connectivity index (χ2v) is 14.2. The first-order valence-corrected chi connectivity index (χ1v) is 18.4. The van der Waals surface area contributed by atoms with Crippen LogP contribution >= 0.6 is 11.3 Å². The van der Waals surface area contributed by atoms with E-state index < -0.39 is 6.04 Å². The Hall–Kier alpha value is -3.89. The number of piperazine rings is 1. The summed E-state index contributed by atoms with van der Waals surface area (Å²) in [5.41, 5.74) is 3.60. The first-order chi connectivity index (χ1) is 23.3. The Balaban J connectivity index is 1.15. The first kappa shape index (κ1) is 35.4. The molecule has 5 rings (SSSR count). The monoisotopic (exact) mass is 672 g/mol. The van der Waals surface area contributed by atoms with Gasteiger partial charge in [0.25, 0.3) is 5.91 Å². The summed E-state index contributed by atoms with van der Waals surface area (Å²) >= 11 is 1.74. The molecule has 0 radical (unpaired) electrons. The number of fused-ring (bicyclic) bond motifs is 1. The lowest BCUT2D eigenvalue weighted by Gasteiger charge is -2.36. The van der Waals surface area contributed by atoms with Crippen molar-refractivity contribution in [1.82, 2.24) is 25.1 Å². The molecule has 4 aromatic rings. The van der Waals surface area contributed by atoms with Crippen LogP contribution in [0.2, 0.25) is 0 Å². The lowest BCUT2D eigenvalue weighted by atomic mass is 10.0. The van der Waals surface area contributed by atoms with E-state index >= 15 is 0 Å². The molecule has 1 fully saturated rings. The molecule has 0 bridgehead atoms. The van der Waals surface area contributed by atoms with Gasteiger partial charge in [-0.1, -0.05) is 33.8 Å². The molecule has 1 aliphatic heterocycles. The average molecular weight is 673 g/mol. The molecule has 0 unspecified atom stereocenters. The van der Waals surface area contributed by atoms with Gasteiger partial charge in [0, 0.05) is 61.3 Å². The van der Waals surface area contributed by atoms with Crippen LogP contribution in [0.25, 0.3) is 11.0 Å². The van der Waals surface area contributed by atoms with Crippen molar-refractivity contribution in [2.45, 2.75) is 71.9 Å². The van der Waals surface area contributed by atoms with Crippen molar-refractivity contribution in [1.29, 1.82) is 0 Å². The van der Waals surface area contributed by atoms with Gasteiger partial charge >= 0.3 is 0 Å². The van der Waals surface area contributed by atoms with Crippen LogP contribution in [-0.2, 0) is 11.2 Å². The Labute approximate surface area is 289 Å². The van der Waals surface area contributed by atoms with Crippen molar-refractivity contribution in [3.8, 4) is 5.75 Å². The number of benzene rings is 2. The third-order valence-corrected chi connectivity index (χ3v) is 10.2. The number of nitrogens with one attached hydrogen (secondary N) is 2. The summed E-state index contributed by atoms with van der Waals surface area (Å²) in [5.74, 6) is 1.77. The number of hydrogen-bond donors (Lipinski definition) is 2. The molecule has 1 aliphatic rings. The number of aromatic nitrogens is 2. The van der Waals surface area contributed by atoms with Gasteiger partial charge in [0.15, 0.2) is 0 Å². The molecule has 1 saturated heterocycles. The topological polar surface area (TPSA) is 91.7 Å². The molecular weight excluding hydrogens is 621 g/mol. The zero-order valence-corrected chi connectivity index (χ0v) is 30.0. The molecule has 3 heterocycles. The number of hydrogen-bond acceptors (Lipinski definition) is 7. The highest BCUT2D eigenvalue weighted by molar-refractivity contribution is 7.09. The van der Waals surface area contributed by atoms with E-state index in [-0.39, 0.29) is 17.7 Å². The standard InChI is InChI=1S/C38H52N6O3S/c1-6-29(7-2)44-35-16-11-28(25-33(35)40-36(44)26-32-10-8-23-48-32)37(45)41-34(24-27(3)4)38(46)39-17-9-18-42-19-21-43(22-20-42)30-12-14-31(47-5)15-13-30/h8,10-16,23,25,27,29,34H,6-7,9,17-22,24,26H2,1-5H3,(H,39,46)(H,41,45)/t34-/m0/s1. The molecule has 2 aromatic heterocycles. The predicted molar refractivity (Wildman–Crippen MR) is 196 cm³/mol. The van der Waals surface area contributed by atoms with Crippen molar-refractivity contribution >= 4 is 39.9 Å². The molecule has 2 amide bonds. The third kappa shape index (κ3) is 8.96. The summed E-state index contributed by atoms with van der Waals surface area (Å²) in [6.07, 6.45) is 4.21. The van der Waals surface area contributed by atoms with E-state index in [0.717, 1.165) is 81.0 Å². The van der Waals surface area contributed by atoms with Gasteiger partial charge in [-0.2, -0.15) is 0 Å². The number of anilines is 1. The van der Waals surface area contributed by atoms with E-state index in [0.29, 0.717) is 24.6 Å². The fourth-order valence-electron chi connectivity index (χ4n) is 6.65. The SMILES string of the molecule is CCC(CC)n1c(Cc2cccs2)nc2cc(C(=O)N[C@@H](CC(C)C)C(=O)NCCCN3CCN(c4ccc(OC)cc4)CC3)ccc21. The van der Waals surface area contributed by atoms with Crippen LogP contribution in [0.15, 0.2) is 60.0 Å². The number of imidazole rings is 1. The number of thiophene rings is 1. The van der Waals surface area contributed by atoms with E-state index in [1.54, 1.807) is 18.4 Å². The van der Waals surface area contributed by atoms with Crippen LogP contribution in [0.1, 0.15) is 80.5 Å². The summed E-state index contributed by atoms with van der Waals surface area (Å²) in [6.45, 7) is 14.0. The van der Waals surface area contributed by atoms with Crippen LogP contribution in [0.5, 0.6) is 5.75 Å². The highest BCUT2D eigenvalue weighted by Gasteiger charge is 2.24. The molecule has 2 aromatic carbocycles. The Kier molecular flexibility index (Phi) is 12.5. The van der Waals surface area contributed by atoms with Gasteiger partial charge in [0.1, 0.15) is 17.6 Å². The highest BCUT2D eigenvalue weighted by Crippen LogP contribution is 2.29. The van der Waals surface area contributed by atoms with Crippen molar-refractivity contribution in [2.75, 3.05) is 51.3 Å². The van der Waals surface area contributed by atoms with Gasteiger partial charge in [-0.25, -0.2) is 4.98 Å². The minimum absolute atomic E-state index is 0.126. The zero-order chi connectivity index (χ0) is 34.0. The van der Waals surface area contributed by atoms with Crippen molar-refractivity contribution in [3.63, 3.8) is 0 Å². The third-order valence-electron chi connectivity index (χ3n) is 9.33. The minimum Gasteiger partial charge on any atom is -0.497 e. The fourth-order valence-corrected chi connectivity index (χ4v) is 7.35. The molecule has 0 saturated carbocycles. The van der Waals surface area contributed by atoms with Gasteiger partial charge in [0.05, 0.1) is 18.1 Å². The van der Waals surface area contributed by atoms with Crippen LogP contribution in [0, 0.1) is 5.92 Å². The molecule has 48 heavy (non-hydrogen) atoms. The van der Waals surface area contributed by atoms with Crippen LogP contribution in [-0.4, -0.2) is 78.7 Å². The normalized spacial score (nSPS) is 14.5. The average Bonchev–Trinajstić information content (AvgIpc) is 3.74. The summed E-state index contributed by atoms with van der Waals surface area (Å²) in [6, 6.07) is 17.9. The molecule has 1 atom stereocenters. The van der Waals surface area contributed by atoms with Crippen LogP contribution in [0.3, 0.4) is 0 Å². The van der Waals surface area contributed by atoms with Gasteiger partial charge in [0.2, 0.25) is 5.91 Å². The Morgan fingerprint density at radius 1 is 1.00 bits per heavy atom. The van der Waals surface area contributed by atoms with Crippen LogP contribution < -0.4 is 20.3 Å². The maximum Gasteiger partial charge on any atom is 0.252 e. The van der Waals surface area contributed by atoms with Crippen molar-refractivity contribution in [3.05, 3.63) is 76.2 Å². The number of methoxy groups -OCH3 is 1. The lowest BCUT2D eigenvalue weighted by Crippen LogP contribution is -2.49. The van der Waals surface area contributed by atoms with Crippen molar-refractivity contribution in [2.24, 2.45) is 5.92 Å². The molecule has 258 valence electrons. The second-order valence-electron chi connectivity index (χ2n) is 13.2. The maximum atomic E-state index is 13.5. The van der Waals surface area contributed by atoms with E-state index in [4.69, 9.17) is 9.72 Å². The smallest absolute Gasteiger partial charge is 0.252 e. The summed E-state index contributed by atoms with van der Waals surface area (Å²) < 4.78 is 7.64. The Bertz CT molecular complexity index is 1610. The number of ether oxygens (including phenoxy) is 1. The maximum absolute atomic E-state index is 13.5. The molecule has 0 aliphatic carbocycles. The van der Waals surface area contributed by atoms with E-state index in [9.17, 15) is 9.59 Å². The zero-order valence-electron chi connectivity index (χ0n) is 29.2. The van der Waals surface area contributed by atoms with E-state index in [1.807, 2.05) is 30.3 Å². The molecule has 10 heteroatoms. The quantitative estimate of drug-likeness (QED) is 0.132. The number of nitrogens with zero attached hydrogens (tertiary/aromatic N) is 4. The van der Waals surface area contributed by atoms with Gasteiger partial charge in [-0.05, 0) is 92.1 Å². The second kappa shape index (κ2) is 17.0. The van der Waals surface area contributed by atoms with Gasteiger partial charge in [-0.15, -0.1) is 11.3 Å². The van der Waals surface area contributed by atoms with Gasteiger partial charge in [-0.3, -0.25) is 14.5 Å². The predicted octanol–water partition coefficient (Wildman–Crippen LogP) is 6.53. The Morgan fingerprint density at radius 2 is 1.75 bits per heavy atom. The molecule has 0 spiro atoms. The van der Waals surface area contributed by atoms with Gasteiger partial charge < -0.3 is 24.8 Å². The van der Waals surface area contributed by atoms with Crippen LogP contribution in [0.4, 0.5) is 5.69 Å². The largest absolute Gasteiger partial charge is 0.497 e.